The molecule has 2 aromatic carbocycles. The Morgan fingerprint density at radius 2 is 1.90 bits per heavy atom. The molecule has 0 spiro atoms. The smallest absolute Gasteiger partial charge is 0.247 e. The lowest BCUT2D eigenvalue weighted by Gasteiger charge is -2.05. The second kappa shape index (κ2) is 8.54. The number of ether oxygens (including phenoxy) is 2. The number of nitrogens with zero attached hydrogens (tertiary/aromatic N) is 4. The van der Waals surface area contributed by atoms with Crippen LogP contribution in [0.5, 0.6) is 11.5 Å². The van der Waals surface area contributed by atoms with Gasteiger partial charge in [-0.2, -0.15) is 0 Å². The maximum atomic E-state index is 6.08. The number of H-pyrrole nitrogens is 1. The number of methoxy groups -OCH3 is 2. The Kier molecular flexibility index (Phi) is 5.68. The molecule has 0 atom stereocenters. The van der Waals surface area contributed by atoms with E-state index < -0.39 is 0 Å². The summed E-state index contributed by atoms with van der Waals surface area (Å²) in [6, 6.07) is 12.7. The van der Waals surface area contributed by atoms with Crippen LogP contribution in [0.2, 0.25) is 5.02 Å². The van der Waals surface area contributed by atoms with E-state index >= 15 is 0 Å². The molecule has 0 bridgehead atoms. The summed E-state index contributed by atoms with van der Waals surface area (Å²) in [7, 11) is 3.21. The molecule has 2 aromatic heterocycles. The van der Waals surface area contributed by atoms with E-state index in [1.165, 1.54) is 11.8 Å². The van der Waals surface area contributed by atoms with Crippen LogP contribution in [0.1, 0.15) is 5.89 Å². The molecule has 0 saturated carbocycles. The van der Waals surface area contributed by atoms with Crippen molar-refractivity contribution in [2.75, 3.05) is 14.2 Å². The maximum absolute atomic E-state index is 6.08. The lowest BCUT2D eigenvalue weighted by molar-refractivity contribution is 0.415. The monoisotopic (exact) mass is 429 g/mol. The van der Waals surface area contributed by atoms with Crippen LogP contribution in [-0.2, 0) is 5.75 Å². The third kappa shape index (κ3) is 4.36. The van der Waals surface area contributed by atoms with Gasteiger partial charge in [0.15, 0.2) is 5.82 Å². The predicted molar refractivity (Wildman–Crippen MR) is 109 cm³/mol. The van der Waals surface area contributed by atoms with Crippen molar-refractivity contribution in [3.63, 3.8) is 0 Å². The number of rotatable bonds is 7. The minimum absolute atomic E-state index is 0.438. The molecule has 29 heavy (non-hydrogen) atoms. The molecular formula is C19H16ClN5O3S. The van der Waals surface area contributed by atoms with Crippen LogP contribution < -0.4 is 9.47 Å². The molecule has 148 valence electrons. The summed E-state index contributed by atoms with van der Waals surface area (Å²) in [5.74, 6) is 3.35. The van der Waals surface area contributed by atoms with Crippen LogP contribution >= 0.6 is 23.4 Å². The Hall–Kier alpha value is -3.04. The van der Waals surface area contributed by atoms with E-state index in [4.69, 9.17) is 25.5 Å². The number of aromatic amines is 1. The van der Waals surface area contributed by atoms with Gasteiger partial charge < -0.3 is 13.9 Å². The average Bonchev–Trinajstić information content (AvgIpc) is 3.42. The number of hydrogen-bond donors (Lipinski definition) is 1. The molecule has 4 rings (SSSR count). The van der Waals surface area contributed by atoms with Gasteiger partial charge in [0.25, 0.3) is 0 Å². The third-order valence-electron chi connectivity index (χ3n) is 4.01. The molecule has 0 amide bonds. The standard InChI is InChI=1S/C19H16ClN5O3S/c1-26-13-6-3-11(4-7-13)18-24-22-16(28-18)10-29-19-21-17(23-25-19)14-9-12(20)5-8-15(14)27-2/h3-9H,10H2,1-2H3,(H,21,23,25). The Balaban J connectivity index is 1.44. The third-order valence-corrected chi connectivity index (χ3v) is 5.08. The minimum Gasteiger partial charge on any atom is -0.497 e. The number of aromatic nitrogens is 5. The van der Waals surface area contributed by atoms with E-state index in [0.29, 0.717) is 39.3 Å². The molecule has 8 nitrogen and oxygen atoms in total. The van der Waals surface area contributed by atoms with Crippen LogP contribution in [0.15, 0.2) is 52.0 Å². The minimum atomic E-state index is 0.438. The predicted octanol–water partition coefficient (Wildman–Crippen LogP) is 4.48. The van der Waals surface area contributed by atoms with E-state index in [9.17, 15) is 0 Å². The highest BCUT2D eigenvalue weighted by atomic mass is 35.5. The van der Waals surface area contributed by atoms with Crippen molar-refractivity contribution in [1.29, 1.82) is 0 Å². The van der Waals surface area contributed by atoms with Crippen LogP contribution in [-0.4, -0.2) is 39.6 Å². The average molecular weight is 430 g/mol. The number of hydrogen-bond acceptors (Lipinski definition) is 8. The summed E-state index contributed by atoms with van der Waals surface area (Å²) in [5, 5.41) is 16.4. The van der Waals surface area contributed by atoms with E-state index in [-0.39, 0.29) is 0 Å². The van der Waals surface area contributed by atoms with Gasteiger partial charge in [0.1, 0.15) is 11.5 Å². The van der Waals surface area contributed by atoms with Crippen molar-refractivity contribution in [3.8, 4) is 34.3 Å². The Bertz CT molecular complexity index is 1110. The molecule has 0 aliphatic rings. The summed E-state index contributed by atoms with van der Waals surface area (Å²) in [4.78, 5) is 4.48. The van der Waals surface area contributed by atoms with Crippen LogP contribution in [0.4, 0.5) is 0 Å². The Morgan fingerprint density at radius 3 is 2.66 bits per heavy atom. The molecule has 0 radical (unpaired) electrons. The first-order valence-electron chi connectivity index (χ1n) is 8.52. The molecule has 0 unspecified atom stereocenters. The van der Waals surface area contributed by atoms with Crippen LogP contribution in [0.25, 0.3) is 22.8 Å². The number of thioether (sulfide) groups is 1. The molecule has 2 heterocycles. The summed E-state index contributed by atoms with van der Waals surface area (Å²) in [6.45, 7) is 0. The molecular weight excluding hydrogens is 414 g/mol. The first kappa shape index (κ1) is 19.3. The molecule has 0 aliphatic heterocycles. The lowest BCUT2D eigenvalue weighted by atomic mass is 10.2. The summed E-state index contributed by atoms with van der Waals surface area (Å²) in [5.41, 5.74) is 1.56. The largest absolute Gasteiger partial charge is 0.497 e. The molecule has 10 heteroatoms. The second-order valence-electron chi connectivity index (χ2n) is 5.83. The SMILES string of the molecule is COc1ccc(-c2nnc(CSc3n[nH]c(-c4cc(Cl)ccc4OC)n3)o2)cc1. The van der Waals surface area contributed by atoms with Crippen molar-refractivity contribution < 1.29 is 13.9 Å². The molecule has 0 aliphatic carbocycles. The second-order valence-corrected chi connectivity index (χ2v) is 7.21. The van der Waals surface area contributed by atoms with Gasteiger partial charge in [-0.05, 0) is 42.5 Å². The highest BCUT2D eigenvalue weighted by Crippen LogP contribution is 2.31. The molecule has 0 saturated heterocycles. The van der Waals surface area contributed by atoms with Crippen LogP contribution in [0, 0.1) is 0 Å². The first-order chi connectivity index (χ1) is 14.2. The van der Waals surface area contributed by atoms with Gasteiger partial charge in [-0.3, -0.25) is 5.10 Å². The van der Waals surface area contributed by atoms with E-state index in [1.807, 2.05) is 24.3 Å². The van der Waals surface area contributed by atoms with Crippen molar-refractivity contribution in [2.45, 2.75) is 10.9 Å². The zero-order valence-electron chi connectivity index (χ0n) is 15.5. The van der Waals surface area contributed by atoms with Crippen molar-refractivity contribution in [2.24, 2.45) is 0 Å². The summed E-state index contributed by atoms with van der Waals surface area (Å²) < 4.78 is 16.2. The summed E-state index contributed by atoms with van der Waals surface area (Å²) >= 11 is 7.46. The zero-order chi connectivity index (χ0) is 20.2. The quantitative estimate of drug-likeness (QED) is 0.429. The van der Waals surface area contributed by atoms with Gasteiger partial charge in [-0.15, -0.1) is 15.3 Å². The van der Waals surface area contributed by atoms with E-state index in [0.717, 1.165) is 16.9 Å². The maximum Gasteiger partial charge on any atom is 0.247 e. The molecule has 4 aromatic rings. The number of nitrogens with one attached hydrogen (secondary N) is 1. The van der Waals surface area contributed by atoms with Crippen molar-refractivity contribution in [1.82, 2.24) is 25.4 Å². The Labute approximate surface area is 175 Å². The topological polar surface area (TPSA) is 99.0 Å². The van der Waals surface area contributed by atoms with E-state index in [2.05, 4.69) is 25.4 Å². The summed E-state index contributed by atoms with van der Waals surface area (Å²) in [6.07, 6.45) is 0. The van der Waals surface area contributed by atoms with Crippen molar-refractivity contribution in [3.05, 3.63) is 53.4 Å². The first-order valence-corrected chi connectivity index (χ1v) is 9.88. The van der Waals surface area contributed by atoms with Gasteiger partial charge >= 0.3 is 0 Å². The normalized spacial score (nSPS) is 10.9. The highest BCUT2D eigenvalue weighted by molar-refractivity contribution is 7.98. The molecule has 1 N–H and O–H groups in total. The van der Waals surface area contributed by atoms with Gasteiger partial charge in [-0.1, -0.05) is 23.4 Å². The van der Waals surface area contributed by atoms with Crippen LogP contribution in [0.3, 0.4) is 0 Å². The Morgan fingerprint density at radius 1 is 1.07 bits per heavy atom. The van der Waals surface area contributed by atoms with Gasteiger partial charge in [0.05, 0.1) is 25.5 Å². The van der Waals surface area contributed by atoms with Gasteiger partial charge in [0.2, 0.25) is 16.9 Å². The van der Waals surface area contributed by atoms with Gasteiger partial charge in [0, 0.05) is 10.6 Å². The number of halogens is 1. The lowest BCUT2D eigenvalue weighted by Crippen LogP contribution is -1.89. The fraction of sp³-hybridized carbons (Fsp3) is 0.158. The molecule has 0 fully saturated rings. The zero-order valence-corrected chi connectivity index (χ0v) is 17.1. The fourth-order valence-corrected chi connectivity index (χ4v) is 3.39. The van der Waals surface area contributed by atoms with Crippen molar-refractivity contribution >= 4 is 23.4 Å². The highest BCUT2D eigenvalue weighted by Gasteiger charge is 2.14. The van der Waals surface area contributed by atoms with E-state index in [1.54, 1.807) is 32.4 Å². The fourth-order valence-electron chi connectivity index (χ4n) is 2.59. The van der Waals surface area contributed by atoms with Gasteiger partial charge in [-0.25, -0.2) is 4.98 Å². The number of benzene rings is 2.